The van der Waals surface area contributed by atoms with E-state index >= 15 is 0 Å². The number of halogens is 1. The molecule has 0 saturated carbocycles. The molecule has 0 amide bonds. The number of carbonyl (C=O) groups is 1. The Morgan fingerprint density at radius 3 is 2.50 bits per heavy atom. The lowest BCUT2D eigenvalue weighted by Crippen LogP contribution is -2.10. The molecule has 106 valence electrons. The van der Waals surface area contributed by atoms with Gasteiger partial charge in [-0.25, -0.2) is 13.2 Å². The molecule has 7 nitrogen and oxygen atoms in total. The predicted octanol–water partition coefficient (Wildman–Crippen LogP) is 1.44. The van der Waals surface area contributed by atoms with Crippen molar-refractivity contribution in [3.8, 4) is 0 Å². The van der Waals surface area contributed by atoms with E-state index in [1.807, 2.05) is 0 Å². The minimum Gasteiger partial charge on any atom is -0.474 e. The second-order valence-corrected chi connectivity index (χ2v) is 6.39. The maximum absolute atomic E-state index is 12.0. The van der Waals surface area contributed by atoms with Gasteiger partial charge < -0.3 is 9.63 Å². The number of rotatable bonds is 5. The Morgan fingerprint density at radius 2 is 1.95 bits per heavy atom. The zero-order valence-electron chi connectivity index (χ0n) is 9.98. The molecule has 9 heteroatoms. The van der Waals surface area contributed by atoms with Crippen LogP contribution in [0.15, 0.2) is 33.7 Å². The third-order valence-electron chi connectivity index (χ3n) is 2.42. The van der Waals surface area contributed by atoms with Crippen molar-refractivity contribution in [3.05, 3.63) is 41.0 Å². The number of benzene rings is 1. The predicted molar refractivity (Wildman–Crippen MR) is 68.5 cm³/mol. The normalized spacial score (nSPS) is 11.4. The summed E-state index contributed by atoms with van der Waals surface area (Å²) >= 11 is 5.68. The number of carboxylic acid groups (broad SMARTS) is 1. The molecule has 0 aliphatic carbocycles. The van der Waals surface area contributed by atoms with Crippen molar-refractivity contribution < 1.29 is 22.8 Å². The molecule has 0 bridgehead atoms. The van der Waals surface area contributed by atoms with E-state index in [0.29, 0.717) is 5.02 Å². The van der Waals surface area contributed by atoms with Gasteiger partial charge in [0.25, 0.3) is 0 Å². The maximum Gasteiger partial charge on any atom is 0.394 e. The summed E-state index contributed by atoms with van der Waals surface area (Å²) in [6, 6.07) is 5.75. The van der Waals surface area contributed by atoms with Gasteiger partial charge in [0, 0.05) is 11.4 Å². The van der Waals surface area contributed by atoms with Crippen LogP contribution in [0.3, 0.4) is 0 Å². The van der Waals surface area contributed by atoms with Crippen LogP contribution in [0.1, 0.15) is 16.5 Å². The molecule has 0 fully saturated rings. The standard InChI is InChI=1S/C11H9ClN2O5S/c12-7-1-3-8(4-2-7)20(17,18)6-5-9-13-10(11(15)16)19-14-9/h1-4H,5-6H2,(H,15,16). The lowest BCUT2D eigenvalue weighted by Gasteiger charge is -2.02. The highest BCUT2D eigenvalue weighted by Crippen LogP contribution is 2.16. The molecule has 0 atom stereocenters. The van der Waals surface area contributed by atoms with Crippen LogP contribution < -0.4 is 0 Å². The van der Waals surface area contributed by atoms with Gasteiger partial charge in [-0.2, -0.15) is 4.98 Å². The van der Waals surface area contributed by atoms with E-state index in [1.54, 1.807) is 0 Å². The summed E-state index contributed by atoms with van der Waals surface area (Å²) < 4.78 is 28.5. The van der Waals surface area contributed by atoms with Crippen LogP contribution in [-0.4, -0.2) is 35.4 Å². The van der Waals surface area contributed by atoms with Crippen LogP contribution in [0.4, 0.5) is 0 Å². The molecule has 0 unspecified atom stereocenters. The molecule has 2 rings (SSSR count). The molecule has 2 aromatic rings. The number of hydrogen-bond acceptors (Lipinski definition) is 6. The third-order valence-corrected chi connectivity index (χ3v) is 4.40. The summed E-state index contributed by atoms with van der Waals surface area (Å²) in [6.07, 6.45) is -0.0399. The summed E-state index contributed by atoms with van der Waals surface area (Å²) in [5.41, 5.74) is 0. The number of aromatic carboxylic acids is 1. The Balaban J connectivity index is 2.08. The second-order valence-electron chi connectivity index (χ2n) is 3.84. The minimum absolute atomic E-state index is 0.0277. The van der Waals surface area contributed by atoms with E-state index in [2.05, 4.69) is 14.7 Å². The Morgan fingerprint density at radius 1 is 1.30 bits per heavy atom. The van der Waals surface area contributed by atoms with Crippen molar-refractivity contribution in [2.24, 2.45) is 0 Å². The number of carboxylic acids is 1. The molecule has 1 N–H and O–H groups in total. The number of hydrogen-bond donors (Lipinski definition) is 1. The third kappa shape index (κ3) is 3.34. The highest BCUT2D eigenvalue weighted by Gasteiger charge is 2.18. The highest BCUT2D eigenvalue weighted by molar-refractivity contribution is 7.91. The first-order valence-electron chi connectivity index (χ1n) is 5.43. The van der Waals surface area contributed by atoms with Gasteiger partial charge in [0.15, 0.2) is 15.7 Å². The fourth-order valence-electron chi connectivity index (χ4n) is 1.43. The zero-order chi connectivity index (χ0) is 14.8. The smallest absolute Gasteiger partial charge is 0.394 e. The first-order valence-corrected chi connectivity index (χ1v) is 7.46. The lowest BCUT2D eigenvalue weighted by atomic mass is 10.4. The van der Waals surface area contributed by atoms with E-state index in [9.17, 15) is 13.2 Å². The summed E-state index contributed by atoms with van der Waals surface area (Å²) in [5.74, 6) is -2.15. The highest BCUT2D eigenvalue weighted by atomic mass is 35.5. The average Bonchev–Trinajstić information content (AvgIpc) is 2.86. The number of aryl methyl sites for hydroxylation is 1. The quantitative estimate of drug-likeness (QED) is 0.888. The first kappa shape index (κ1) is 14.5. The summed E-state index contributed by atoms with van der Waals surface area (Å²) in [6.45, 7) is 0. The Labute approximate surface area is 119 Å². The molecule has 1 aromatic heterocycles. The molecular formula is C11H9ClN2O5S. The maximum atomic E-state index is 12.0. The first-order chi connectivity index (χ1) is 9.38. The average molecular weight is 317 g/mol. The van der Waals surface area contributed by atoms with Gasteiger partial charge in [-0.3, -0.25) is 0 Å². The SMILES string of the molecule is O=C(O)c1nc(CCS(=O)(=O)c2ccc(Cl)cc2)no1. The van der Waals surface area contributed by atoms with Gasteiger partial charge in [0.05, 0.1) is 10.6 Å². The van der Waals surface area contributed by atoms with Gasteiger partial charge in [-0.05, 0) is 24.3 Å². The van der Waals surface area contributed by atoms with Crippen LogP contribution in [0, 0.1) is 0 Å². The Kier molecular flexibility index (Phi) is 4.05. The van der Waals surface area contributed by atoms with Gasteiger partial charge in [0.1, 0.15) is 0 Å². The van der Waals surface area contributed by atoms with Gasteiger partial charge >= 0.3 is 11.9 Å². The Hall–Kier alpha value is -1.93. The number of aromatic nitrogens is 2. The topological polar surface area (TPSA) is 110 Å². The molecule has 0 spiro atoms. The fraction of sp³-hybridized carbons (Fsp3) is 0.182. The number of nitrogens with zero attached hydrogens (tertiary/aromatic N) is 2. The van der Waals surface area contributed by atoms with Crippen LogP contribution >= 0.6 is 11.6 Å². The fourth-order valence-corrected chi connectivity index (χ4v) is 2.79. The van der Waals surface area contributed by atoms with E-state index in [-0.39, 0.29) is 22.9 Å². The monoisotopic (exact) mass is 316 g/mol. The molecular weight excluding hydrogens is 308 g/mol. The van der Waals surface area contributed by atoms with E-state index in [1.165, 1.54) is 24.3 Å². The van der Waals surface area contributed by atoms with E-state index in [0.717, 1.165) is 0 Å². The van der Waals surface area contributed by atoms with Crippen molar-refractivity contribution >= 4 is 27.4 Å². The van der Waals surface area contributed by atoms with Gasteiger partial charge in [-0.15, -0.1) is 0 Å². The lowest BCUT2D eigenvalue weighted by molar-refractivity contribution is 0.0643. The molecule has 0 saturated heterocycles. The Bertz CT molecular complexity index is 724. The summed E-state index contributed by atoms with van der Waals surface area (Å²) in [5, 5.41) is 12.4. The van der Waals surface area contributed by atoms with Crippen molar-refractivity contribution in [2.75, 3.05) is 5.75 Å². The van der Waals surface area contributed by atoms with Crippen LogP contribution in [0.25, 0.3) is 0 Å². The molecule has 0 radical (unpaired) electrons. The van der Waals surface area contributed by atoms with Crippen molar-refractivity contribution in [2.45, 2.75) is 11.3 Å². The van der Waals surface area contributed by atoms with E-state index in [4.69, 9.17) is 16.7 Å². The van der Waals surface area contributed by atoms with Crippen molar-refractivity contribution in [1.82, 2.24) is 10.1 Å². The van der Waals surface area contributed by atoms with E-state index < -0.39 is 21.7 Å². The summed E-state index contributed by atoms with van der Waals surface area (Å²) in [4.78, 5) is 14.2. The molecule has 1 heterocycles. The van der Waals surface area contributed by atoms with Crippen LogP contribution in [-0.2, 0) is 16.3 Å². The molecule has 20 heavy (non-hydrogen) atoms. The van der Waals surface area contributed by atoms with Crippen molar-refractivity contribution in [3.63, 3.8) is 0 Å². The minimum atomic E-state index is -3.51. The van der Waals surface area contributed by atoms with Crippen LogP contribution in [0.5, 0.6) is 0 Å². The van der Waals surface area contributed by atoms with Crippen molar-refractivity contribution in [1.29, 1.82) is 0 Å². The molecule has 1 aromatic carbocycles. The largest absolute Gasteiger partial charge is 0.474 e. The molecule has 0 aliphatic rings. The van der Waals surface area contributed by atoms with Gasteiger partial charge in [-0.1, -0.05) is 16.8 Å². The van der Waals surface area contributed by atoms with Crippen LogP contribution in [0.2, 0.25) is 5.02 Å². The number of sulfone groups is 1. The molecule has 0 aliphatic heterocycles. The summed E-state index contributed by atoms with van der Waals surface area (Å²) in [7, 11) is -3.51. The van der Waals surface area contributed by atoms with Gasteiger partial charge in [0.2, 0.25) is 0 Å². The zero-order valence-corrected chi connectivity index (χ0v) is 11.6. The second kappa shape index (κ2) is 5.59.